The Hall–Kier alpha value is -2.45. The number of hydrogen-bond acceptors (Lipinski definition) is 4. The Morgan fingerprint density at radius 1 is 1.24 bits per heavy atom. The zero-order valence-electron chi connectivity index (χ0n) is 11.2. The van der Waals surface area contributed by atoms with E-state index in [1.165, 1.54) is 32.2 Å². The van der Waals surface area contributed by atoms with Gasteiger partial charge in [0.2, 0.25) is 5.91 Å². The summed E-state index contributed by atoms with van der Waals surface area (Å²) in [6, 6.07) is 4.27. The van der Waals surface area contributed by atoms with Crippen molar-refractivity contribution in [3.05, 3.63) is 18.2 Å². The molecule has 0 aliphatic heterocycles. The Labute approximate surface area is 118 Å². The van der Waals surface area contributed by atoms with Gasteiger partial charge in [-0.3, -0.25) is 10.1 Å². The quantitative estimate of drug-likeness (QED) is 0.896. The molecule has 2 N–H and O–H groups in total. The first-order chi connectivity index (χ1) is 9.71. The molecule has 0 bridgehead atoms. The molecule has 0 saturated carbocycles. The van der Waals surface area contributed by atoms with Gasteiger partial charge in [-0.15, -0.1) is 0 Å². The third-order valence-corrected chi connectivity index (χ3v) is 2.12. The molecule has 0 atom stereocenters. The van der Waals surface area contributed by atoms with Crippen molar-refractivity contribution in [2.75, 3.05) is 24.4 Å². The summed E-state index contributed by atoms with van der Waals surface area (Å²) in [4.78, 5) is 22.2. The molecule has 1 rings (SSSR count). The minimum absolute atomic E-state index is 0.0657. The number of rotatable bonds is 4. The van der Waals surface area contributed by atoms with Crippen LogP contribution in [0.2, 0.25) is 0 Å². The van der Waals surface area contributed by atoms with Gasteiger partial charge in [-0.05, 0) is 18.2 Å². The smallest absolute Gasteiger partial charge is 0.422 e. The molecule has 0 aliphatic rings. The lowest BCUT2D eigenvalue weighted by Crippen LogP contribution is -2.23. The van der Waals surface area contributed by atoms with Gasteiger partial charge in [0.15, 0.2) is 6.61 Å². The first-order valence-corrected chi connectivity index (χ1v) is 5.67. The second-order valence-electron chi connectivity index (χ2n) is 3.91. The summed E-state index contributed by atoms with van der Waals surface area (Å²) in [7, 11) is 1.32. The summed E-state index contributed by atoms with van der Waals surface area (Å²) in [6.07, 6.45) is -5.90. The maximum Gasteiger partial charge on any atom is 0.422 e. The van der Waals surface area contributed by atoms with Gasteiger partial charge in [-0.1, -0.05) is 0 Å². The number of anilines is 2. The molecule has 2 amide bonds. The largest absolute Gasteiger partial charge is 0.495 e. The van der Waals surface area contributed by atoms with Crippen LogP contribution in [0.3, 0.4) is 0 Å². The summed E-state index contributed by atoms with van der Waals surface area (Å²) in [5.74, 6) is -0.140. The molecular weight excluding hydrogens is 293 g/mol. The molecule has 0 radical (unpaired) electrons. The number of nitrogens with one attached hydrogen (secondary N) is 2. The fraction of sp³-hybridized carbons (Fsp3) is 0.333. The highest BCUT2D eigenvalue weighted by Gasteiger charge is 2.29. The van der Waals surface area contributed by atoms with E-state index in [0.29, 0.717) is 5.69 Å². The van der Waals surface area contributed by atoms with E-state index in [2.05, 4.69) is 15.4 Å². The number of alkyl halides is 3. The van der Waals surface area contributed by atoms with Gasteiger partial charge in [0.25, 0.3) is 0 Å². The maximum absolute atomic E-state index is 11.9. The molecule has 6 nitrogen and oxygen atoms in total. The number of ether oxygens (including phenoxy) is 2. The zero-order chi connectivity index (χ0) is 16.0. The second-order valence-corrected chi connectivity index (χ2v) is 3.91. The molecule has 0 heterocycles. The van der Waals surface area contributed by atoms with Crippen LogP contribution in [0.25, 0.3) is 0 Å². The lowest BCUT2D eigenvalue weighted by atomic mass is 10.2. The molecule has 0 fully saturated rings. The third kappa shape index (κ3) is 6.02. The van der Waals surface area contributed by atoms with Gasteiger partial charge in [0, 0.05) is 12.6 Å². The van der Waals surface area contributed by atoms with Gasteiger partial charge in [-0.2, -0.15) is 13.2 Å². The summed E-state index contributed by atoms with van der Waals surface area (Å²) in [5.41, 5.74) is 0.408. The number of carbonyl (C=O) groups excluding carboxylic acids is 2. The van der Waals surface area contributed by atoms with Crippen LogP contribution in [-0.2, 0) is 9.53 Å². The lowest BCUT2D eigenvalue weighted by Gasteiger charge is -2.13. The average molecular weight is 306 g/mol. The van der Waals surface area contributed by atoms with Crippen LogP contribution in [0.1, 0.15) is 6.92 Å². The predicted molar refractivity (Wildman–Crippen MR) is 68.3 cm³/mol. The van der Waals surface area contributed by atoms with Crippen LogP contribution in [0.5, 0.6) is 5.75 Å². The summed E-state index contributed by atoms with van der Waals surface area (Å²) in [6.45, 7) is -0.415. The molecule has 0 saturated heterocycles. The van der Waals surface area contributed by atoms with E-state index in [1.54, 1.807) is 0 Å². The van der Waals surface area contributed by atoms with Crippen LogP contribution in [0.4, 0.5) is 29.3 Å². The Bertz CT molecular complexity index is 532. The average Bonchev–Trinajstić information content (AvgIpc) is 2.35. The van der Waals surface area contributed by atoms with Gasteiger partial charge in [-0.25, -0.2) is 4.79 Å². The van der Waals surface area contributed by atoms with Crippen molar-refractivity contribution >= 4 is 23.4 Å². The minimum atomic E-state index is -4.61. The van der Waals surface area contributed by atoms with E-state index in [4.69, 9.17) is 4.74 Å². The second kappa shape index (κ2) is 6.82. The highest BCUT2D eigenvalue weighted by molar-refractivity contribution is 5.92. The summed E-state index contributed by atoms with van der Waals surface area (Å²) >= 11 is 0. The lowest BCUT2D eigenvalue weighted by molar-refractivity contribution is -0.159. The maximum atomic E-state index is 11.9. The molecule has 0 spiro atoms. The fourth-order valence-corrected chi connectivity index (χ4v) is 1.38. The van der Waals surface area contributed by atoms with Crippen LogP contribution in [0, 0.1) is 0 Å². The number of amides is 2. The van der Waals surface area contributed by atoms with Crippen LogP contribution < -0.4 is 15.4 Å². The molecule has 116 valence electrons. The van der Waals surface area contributed by atoms with E-state index in [1.807, 2.05) is 0 Å². The summed E-state index contributed by atoms with van der Waals surface area (Å²) < 4.78 is 44.8. The van der Waals surface area contributed by atoms with Crippen molar-refractivity contribution in [3.8, 4) is 5.75 Å². The normalized spacial score (nSPS) is 10.7. The number of hydrogen-bond donors (Lipinski definition) is 2. The van der Waals surface area contributed by atoms with Crippen LogP contribution in [0.15, 0.2) is 18.2 Å². The fourth-order valence-electron chi connectivity index (χ4n) is 1.38. The van der Waals surface area contributed by atoms with Gasteiger partial charge in [0.05, 0.1) is 12.8 Å². The SMILES string of the molecule is COc1ccc(NC(C)=O)cc1NC(=O)OCC(F)(F)F. The molecule has 9 heteroatoms. The molecule has 0 unspecified atom stereocenters. The summed E-state index contributed by atoms with van der Waals surface area (Å²) in [5, 5.41) is 4.57. The van der Waals surface area contributed by atoms with Crippen molar-refractivity contribution < 1.29 is 32.2 Å². The minimum Gasteiger partial charge on any atom is -0.495 e. The highest BCUT2D eigenvalue weighted by Crippen LogP contribution is 2.28. The van der Waals surface area contributed by atoms with Gasteiger partial charge >= 0.3 is 12.3 Å². The Morgan fingerprint density at radius 3 is 2.43 bits per heavy atom. The van der Waals surface area contributed by atoms with Crippen molar-refractivity contribution in [1.82, 2.24) is 0 Å². The van der Waals surface area contributed by atoms with Gasteiger partial charge < -0.3 is 14.8 Å². The first-order valence-electron chi connectivity index (χ1n) is 5.67. The van der Waals surface area contributed by atoms with E-state index in [-0.39, 0.29) is 17.3 Å². The molecule has 1 aromatic carbocycles. The topological polar surface area (TPSA) is 76.7 Å². The number of methoxy groups -OCH3 is 1. The molecule has 21 heavy (non-hydrogen) atoms. The standard InChI is InChI=1S/C12H13F3N2O4/c1-7(18)16-8-3-4-10(20-2)9(5-8)17-11(19)21-6-12(13,14)15/h3-5H,6H2,1-2H3,(H,16,18)(H,17,19). The highest BCUT2D eigenvalue weighted by atomic mass is 19.4. The zero-order valence-corrected chi connectivity index (χ0v) is 11.2. The Kier molecular flexibility index (Phi) is 5.39. The Balaban J connectivity index is 2.79. The van der Waals surface area contributed by atoms with Crippen LogP contribution >= 0.6 is 0 Å². The molecule has 1 aromatic rings. The van der Waals surface area contributed by atoms with E-state index in [0.717, 1.165) is 0 Å². The molecular formula is C12H13F3N2O4. The molecule has 0 aliphatic carbocycles. The van der Waals surface area contributed by atoms with Crippen LogP contribution in [-0.4, -0.2) is 31.9 Å². The predicted octanol–water partition coefficient (Wildman–Crippen LogP) is 2.76. The monoisotopic (exact) mass is 306 g/mol. The van der Waals surface area contributed by atoms with Crippen molar-refractivity contribution in [1.29, 1.82) is 0 Å². The van der Waals surface area contributed by atoms with Crippen molar-refractivity contribution in [2.24, 2.45) is 0 Å². The molecule has 0 aromatic heterocycles. The number of benzene rings is 1. The van der Waals surface area contributed by atoms with Gasteiger partial charge in [0.1, 0.15) is 5.75 Å². The van der Waals surface area contributed by atoms with Crippen molar-refractivity contribution in [3.63, 3.8) is 0 Å². The van der Waals surface area contributed by atoms with E-state index < -0.39 is 18.9 Å². The Morgan fingerprint density at radius 2 is 1.90 bits per heavy atom. The van der Waals surface area contributed by atoms with E-state index in [9.17, 15) is 22.8 Å². The van der Waals surface area contributed by atoms with Crippen molar-refractivity contribution in [2.45, 2.75) is 13.1 Å². The number of carbonyl (C=O) groups is 2. The van der Waals surface area contributed by atoms with E-state index >= 15 is 0 Å². The number of halogens is 3. The first kappa shape index (κ1) is 16.6. The third-order valence-electron chi connectivity index (χ3n) is 2.12.